The van der Waals surface area contributed by atoms with E-state index in [1.165, 1.54) is 7.11 Å². The van der Waals surface area contributed by atoms with Crippen LogP contribution in [-0.2, 0) is 9.53 Å². The molecule has 0 bridgehead atoms. The number of rotatable bonds is 2. The smallest absolute Gasteiger partial charge is 0.411 e. The number of hydrogen-bond acceptors (Lipinski definition) is 3. The van der Waals surface area contributed by atoms with Crippen LogP contribution in [0.1, 0.15) is 19.3 Å². The second-order valence-corrected chi connectivity index (χ2v) is 2.79. The molecule has 0 aliphatic heterocycles. The first kappa shape index (κ1) is 9.57. The van der Waals surface area contributed by atoms with E-state index >= 15 is 0 Å². The van der Waals surface area contributed by atoms with Gasteiger partial charge in [0.05, 0.1) is 7.11 Å². The lowest BCUT2D eigenvalue weighted by Gasteiger charge is -2.05. The number of methoxy groups -OCH3 is 1. The van der Waals surface area contributed by atoms with Gasteiger partial charge in [-0.3, -0.25) is 10.1 Å². The number of ether oxygens (including phenoxy) is 1. The van der Waals surface area contributed by atoms with E-state index in [9.17, 15) is 9.59 Å². The zero-order valence-electron chi connectivity index (χ0n) is 7.42. The molecule has 5 heteroatoms. The maximum absolute atomic E-state index is 10.9. The third kappa shape index (κ3) is 2.21. The van der Waals surface area contributed by atoms with E-state index in [2.05, 4.69) is 10.1 Å². The minimum Gasteiger partial charge on any atom is -0.453 e. The van der Waals surface area contributed by atoms with E-state index in [4.69, 9.17) is 5.73 Å². The van der Waals surface area contributed by atoms with Crippen molar-refractivity contribution >= 4 is 12.0 Å². The van der Waals surface area contributed by atoms with Crippen molar-refractivity contribution in [1.82, 2.24) is 5.32 Å². The molecule has 0 aromatic carbocycles. The monoisotopic (exact) mass is 184 g/mol. The highest BCUT2D eigenvalue weighted by Gasteiger charge is 2.20. The molecule has 0 saturated carbocycles. The number of amides is 2. The number of primary amides is 1. The third-order valence-corrected chi connectivity index (χ3v) is 1.95. The summed E-state index contributed by atoms with van der Waals surface area (Å²) in [5, 5.41) is 2.48. The molecule has 0 aromatic heterocycles. The van der Waals surface area contributed by atoms with Crippen molar-refractivity contribution in [2.45, 2.75) is 19.3 Å². The Morgan fingerprint density at radius 1 is 1.46 bits per heavy atom. The van der Waals surface area contributed by atoms with Gasteiger partial charge in [0.1, 0.15) is 0 Å². The maximum atomic E-state index is 10.9. The second-order valence-electron chi connectivity index (χ2n) is 2.79. The lowest BCUT2D eigenvalue weighted by Crippen LogP contribution is -2.25. The van der Waals surface area contributed by atoms with Crippen LogP contribution in [0.3, 0.4) is 0 Å². The first-order valence-corrected chi connectivity index (χ1v) is 4.02. The predicted octanol–water partition coefficient (Wildman–Crippen LogP) is 0.266. The molecule has 0 atom stereocenters. The van der Waals surface area contributed by atoms with Crippen LogP contribution in [0.5, 0.6) is 0 Å². The SMILES string of the molecule is COC(=O)NC1=C(C(N)=O)CCC1. The summed E-state index contributed by atoms with van der Waals surface area (Å²) in [5.41, 5.74) is 6.22. The van der Waals surface area contributed by atoms with Crippen molar-refractivity contribution in [3.63, 3.8) is 0 Å². The summed E-state index contributed by atoms with van der Waals surface area (Å²) in [6, 6.07) is 0. The number of nitrogens with two attached hydrogens (primary N) is 1. The van der Waals surface area contributed by atoms with Crippen LogP contribution in [0, 0.1) is 0 Å². The first-order chi connectivity index (χ1) is 6.15. The fourth-order valence-corrected chi connectivity index (χ4v) is 1.33. The quantitative estimate of drug-likeness (QED) is 0.646. The molecular weight excluding hydrogens is 172 g/mol. The fraction of sp³-hybridized carbons (Fsp3) is 0.500. The summed E-state index contributed by atoms with van der Waals surface area (Å²) >= 11 is 0. The summed E-state index contributed by atoms with van der Waals surface area (Å²) in [6.45, 7) is 0. The number of hydrogen-bond donors (Lipinski definition) is 2. The van der Waals surface area contributed by atoms with E-state index in [1.807, 2.05) is 0 Å². The van der Waals surface area contributed by atoms with Gasteiger partial charge in [0, 0.05) is 11.3 Å². The number of carbonyl (C=O) groups is 2. The Hall–Kier alpha value is -1.52. The molecule has 0 fully saturated rings. The fourth-order valence-electron chi connectivity index (χ4n) is 1.33. The highest BCUT2D eigenvalue weighted by atomic mass is 16.5. The molecule has 13 heavy (non-hydrogen) atoms. The molecule has 0 radical (unpaired) electrons. The van der Waals surface area contributed by atoms with Gasteiger partial charge in [0.15, 0.2) is 0 Å². The Labute approximate surface area is 75.9 Å². The van der Waals surface area contributed by atoms with Gasteiger partial charge >= 0.3 is 6.09 Å². The molecule has 0 spiro atoms. The van der Waals surface area contributed by atoms with Crippen LogP contribution in [0.15, 0.2) is 11.3 Å². The molecule has 0 heterocycles. The van der Waals surface area contributed by atoms with Crippen LogP contribution in [0.4, 0.5) is 4.79 Å². The Bertz CT molecular complexity index is 271. The Morgan fingerprint density at radius 3 is 2.69 bits per heavy atom. The first-order valence-electron chi connectivity index (χ1n) is 4.02. The van der Waals surface area contributed by atoms with Crippen molar-refractivity contribution in [1.29, 1.82) is 0 Å². The zero-order chi connectivity index (χ0) is 9.84. The predicted molar refractivity (Wildman–Crippen MR) is 45.6 cm³/mol. The molecule has 1 aliphatic carbocycles. The number of carbonyl (C=O) groups excluding carboxylic acids is 2. The van der Waals surface area contributed by atoms with Gasteiger partial charge in [0.2, 0.25) is 5.91 Å². The van der Waals surface area contributed by atoms with E-state index in [0.29, 0.717) is 24.1 Å². The van der Waals surface area contributed by atoms with E-state index < -0.39 is 12.0 Å². The van der Waals surface area contributed by atoms with Crippen molar-refractivity contribution in [3.8, 4) is 0 Å². The van der Waals surface area contributed by atoms with Crippen LogP contribution >= 0.6 is 0 Å². The van der Waals surface area contributed by atoms with Crippen molar-refractivity contribution in [2.75, 3.05) is 7.11 Å². The molecule has 0 saturated heterocycles. The molecular formula is C8H12N2O3. The zero-order valence-corrected chi connectivity index (χ0v) is 7.42. The normalized spacial score (nSPS) is 15.8. The molecule has 72 valence electrons. The van der Waals surface area contributed by atoms with Crippen LogP contribution in [-0.4, -0.2) is 19.1 Å². The number of nitrogens with one attached hydrogen (secondary N) is 1. The van der Waals surface area contributed by atoms with E-state index in [1.54, 1.807) is 0 Å². The lowest BCUT2D eigenvalue weighted by molar-refractivity contribution is -0.114. The average molecular weight is 184 g/mol. The second kappa shape index (κ2) is 3.93. The van der Waals surface area contributed by atoms with Crippen molar-refractivity contribution in [3.05, 3.63) is 11.3 Å². The van der Waals surface area contributed by atoms with Crippen molar-refractivity contribution in [2.24, 2.45) is 5.73 Å². The standard InChI is InChI=1S/C8H12N2O3/c1-13-8(12)10-6-4-2-3-5(6)7(9)11/h2-4H2,1H3,(H2,9,11)(H,10,12). The van der Waals surface area contributed by atoms with Gasteiger partial charge in [-0.1, -0.05) is 0 Å². The van der Waals surface area contributed by atoms with Crippen molar-refractivity contribution < 1.29 is 14.3 Å². The Balaban J connectivity index is 2.70. The minimum absolute atomic E-state index is 0.469. The highest BCUT2D eigenvalue weighted by Crippen LogP contribution is 2.23. The molecule has 5 nitrogen and oxygen atoms in total. The van der Waals surface area contributed by atoms with Gasteiger partial charge in [-0.25, -0.2) is 4.79 Å². The molecule has 3 N–H and O–H groups in total. The third-order valence-electron chi connectivity index (χ3n) is 1.95. The van der Waals surface area contributed by atoms with Gasteiger partial charge in [-0.05, 0) is 19.3 Å². The summed E-state index contributed by atoms with van der Waals surface area (Å²) in [6.07, 6.45) is 1.59. The summed E-state index contributed by atoms with van der Waals surface area (Å²) in [7, 11) is 1.27. The Morgan fingerprint density at radius 2 is 2.15 bits per heavy atom. The minimum atomic E-state index is -0.560. The molecule has 1 rings (SSSR count). The molecule has 0 unspecified atom stereocenters. The summed E-state index contributed by atoms with van der Waals surface area (Å²) in [4.78, 5) is 21.7. The molecule has 1 aliphatic rings. The summed E-state index contributed by atoms with van der Waals surface area (Å²) < 4.78 is 4.40. The van der Waals surface area contributed by atoms with Crippen LogP contribution in [0.25, 0.3) is 0 Å². The Kier molecular flexibility index (Phi) is 2.89. The summed E-state index contributed by atoms with van der Waals surface area (Å²) in [5.74, 6) is -0.469. The molecule has 2 amide bonds. The van der Waals surface area contributed by atoms with Gasteiger partial charge < -0.3 is 10.5 Å². The van der Waals surface area contributed by atoms with Crippen LogP contribution in [0.2, 0.25) is 0 Å². The highest BCUT2D eigenvalue weighted by molar-refractivity contribution is 5.93. The topological polar surface area (TPSA) is 81.4 Å². The lowest BCUT2D eigenvalue weighted by atomic mass is 10.2. The van der Waals surface area contributed by atoms with E-state index in [-0.39, 0.29) is 0 Å². The number of alkyl carbamates (subject to hydrolysis) is 1. The van der Waals surface area contributed by atoms with Crippen LogP contribution < -0.4 is 11.1 Å². The van der Waals surface area contributed by atoms with Gasteiger partial charge in [-0.15, -0.1) is 0 Å². The maximum Gasteiger partial charge on any atom is 0.411 e. The van der Waals surface area contributed by atoms with Gasteiger partial charge in [-0.2, -0.15) is 0 Å². The largest absolute Gasteiger partial charge is 0.453 e. The van der Waals surface area contributed by atoms with E-state index in [0.717, 1.165) is 6.42 Å². The molecule has 0 aromatic rings. The average Bonchev–Trinajstić information content (AvgIpc) is 2.52. The van der Waals surface area contributed by atoms with Gasteiger partial charge in [0.25, 0.3) is 0 Å². The number of allylic oxidation sites excluding steroid dienone is 1.